The van der Waals surface area contributed by atoms with Crippen molar-refractivity contribution in [1.82, 2.24) is 4.90 Å². The maximum Gasteiger partial charge on any atom is 0.227 e. The molecule has 0 aliphatic heterocycles. The van der Waals surface area contributed by atoms with Gasteiger partial charge in [0.25, 0.3) is 0 Å². The van der Waals surface area contributed by atoms with Crippen molar-refractivity contribution < 1.29 is 19.1 Å². The molecule has 0 heterocycles. The van der Waals surface area contributed by atoms with E-state index in [1.54, 1.807) is 18.2 Å². The number of nitrogens with zero attached hydrogens (tertiary/aromatic N) is 2. The fourth-order valence-corrected chi connectivity index (χ4v) is 1.78. The molecular weight excluding hydrogens is 277 g/mol. The van der Waals surface area contributed by atoms with Crippen molar-refractivity contribution in [3.63, 3.8) is 0 Å². The van der Waals surface area contributed by atoms with Crippen LogP contribution in [0.25, 0.3) is 0 Å². The van der Waals surface area contributed by atoms with Gasteiger partial charge in [-0.25, -0.2) is 4.39 Å². The first-order valence-corrected chi connectivity index (χ1v) is 6.55. The third-order valence-electron chi connectivity index (χ3n) is 2.98. The maximum atomic E-state index is 13.6. The third-order valence-corrected chi connectivity index (χ3v) is 2.98. The van der Waals surface area contributed by atoms with Crippen molar-refractivity contribution in [1.29, 1.82) is 0 Å². The van der Waals surface area contributed by atoms with Crippen LogP contribution in [-0.2, 0) is 16.0 Å². The summed E-state index contributed by atoms with van der Waals surface area (Å²) in [4.78, 5) is 13.7. The van der Waals surface area contributed by atoms with E-state index in [0.29, 0.717) is 18.7 Å². The van der Waals surface area contributed by atoms with Gasteiger partial charge < -0.3 is 20.6 Å². The normalized spacial score (nSPS) is 11.4. The van der Waals surface area contributed by atoms with E-state index >= 15 is 0 Å². The van der Waals surface area contributed by atoms with Gasteiger partial charge in [-0.1, -0.05) is 23.4 Å². The zero-order valence-electron chi connectivity index (χ0n) is 12.0. The van der Waals surface area contributed by atoms with Crippen LogP contribution in [0.2, 0.25) is 0 Å². The summed E-state index contributed by atoms with van der Waals surface area (Å²) in [6, 6.07) is 6.15. The zero-order chi connectivity index (χ0) is 15.7. The van der Waals surface area contributed by atoms with Crippen molar-refractivity contribution in [2.24, 2.45) is 10.9 Å². The van der Waals surface area contributed by atoms with Crippen LogP contribution in [0.5, 0.6) is 0 Å². The van der Waals surface area contributed by atoms with E-state index in [1.165, 1.54) is 18.1 Å². The first kappa shape index (κ1) is 16.9. The molecule has 0 aromatic heterocycles. The lowest BCUT2D eigenvalue weighted by atomic mass is 10.1. The number of oxime groups is 1. The summed E-state index contributed by atoms with van der Waals surface area (Å²) in [7, 11) is 1.53. The van der Waals surface area contributed by atoms with E-state index in [1.807, 2.05) is 0 Å². The second kappa shape index (κ2) is 8.91. The third kappa shape index (κ3) is 5.78. The average Bonchev–Trinajstić information content (AvgIpc) is 2.49. The predicted molar refractivity (Wildman–Crippen MR) is 76.6 cm³/mol. The minimum atomic E-state index is -0.408. The zero-order valence-corrected chi connectivity index (χ0v) is 12.0. The second-order valence-electron chi connectivity index (χ2n) is 4.48. The molecule has 0 unspecified atom stereocenters. The number of rotatable bonds is 8. The summed E-state index contributed by atoms with van der Waals surface area (Å²) >= 11 is 0. The number of carbonyl (C=O) groups is 1. The van der Waals surface area contributed by atoms with Gasteiger partial charge >= 0.3 is 0 Å². The molecule has 21 heavy (non-hydrogen) atoms. The largest absolute Gasteiger partial charge is 0.409 e. The molecule has 0 radical (unpaired) electrons. The Morgan fingerprint density at radius 2 is 2.14 bits per heavy atom. The number of halogens is 1. The molecule has 0 spiro atoms. The first-order valence-electron chi connectivity index (χ1n) is 6.55. The van der Waals surface area contributed by atoms with E-state index in [-0.39, 0.29) is 31.1 Å². The Labute approximate surface area is 123 Å². The highest BCUT2D eigenvalue weighted by Crippen LogP contribution is 2.09. The highest BCUT2D eigenvalue weighted by atomic mass is 19.1. The van der Waals surface area contributed by atoms with Crippen molar-refractivity contribution in [2.45, 2.75) is 12.8 Å². The van der Waals surface area contributed by atoms with Crippen LogP contribution in [-0.4, -0.2) is 48.7 Å². The van der Waals surface area contributed by atoms with Crippen LogP contribution >= 0.6 is 0 Å². The number of amidine groups is 1. The summed E-state index contributed by atoms with van der Waals surface area (Å²) in [5, 5.41) is 11.4. The number of amides is 1. The molecule has 0 bridgehead atoms. The van der Waals surface area contributed by atoms with Crippen LogP contribution in [0, 0.1) is 5.82 Å². The topological polar surface area (TPSA) is 88.2 Å². The molecule has 0 fully saturated rings. The van der Waals surface area contributed by atoms with Gasteiger partial charge in [0.1, 0.15) is 11.7 Å². The smallest absolute Gasteiger partial charge is 0.227 e. The van der Waals surface area contributed by atoms with Gasteiger partial charge in [-0.3, -0.25) is 4.79 Å². The van der Waals surface area contributed by atoms with Gasteiger partial charge in [0, 0.05) is 26.6 Å². The van der Waals surface area contributed by atoms with Gasteiger partial charge in [-0.2, -0.15) is 0 Å². The second-order valence-corrected chi connectivity index (χ2v) is 4.48. The fourth-order valence-electron chi connectivity index (χ4n) is 1.78. The summed E-state index contributed by atoms with van der Waals surface area (Å²) in [5.74, 6) is -0.604. The Morgan fingerprint density at radius 1 is 1.43 bits per heavy atom. The standard InChI is InChI=1S/C14H20FN3O3/c1-21-9-8-18(7-6-13(16)17-20)14(19)10-11-4-2-3-5-12(11)15/h2-5,20H,6-10H2,1H3,(H2,16,17). The van der Waals surface area contributed by atoms with Crippen molar-refractivity contribution in [3.05, 3.63) is 35.6 Å². The summed E-state index contributed by atoms with van der Waals surface area (Å²) in [5.41, 5.74) is 5.74. The lowest BCUT2D eigenvalue weighted by Crippen LogP contribution is -2.37. The number of hydrogen-bond acceptors (Lipinski definition) is 4. The lowest BCUT2D eigenvalue weighted by Gasteiger charge is -2.22. The highest BCUT2D eigenvalue weighted by Gasteiger charge is 2.16. The number of hydrogen-bond donors (Lipinski definition) is 2. The molecule has 0 saturated carbocycles. The van der Waals surface area contributed by atoms with Crippen LogP contribution in [0.4, 0.5) is 4.39 Å². The Balaban J connectivity index is 2.68. The van der Waals surface area contributed by atoms with E-state index < -0.39 is 5.82 Å². The number of nitrogens with two attached hydrogens (primary N) is 1. The highest BCUT2D eigenvalue weighted by molar-refractivity contribution is 5.82. The minimum absolute atomic E-state index is 0.0352. The quantitative estimate of drug-likeness (QED) is 0.324. The van der Waals surface area contributed by atoms with Gasteiger partial charge in [0.15, 0.2) is 0 Å². The van der Waals surface area contributed by atoms with Crippen LogP contribution in [0.15, 0.2) is 29.4 Å². The Morgan fingerprint density at radius 3 is 2.76 bits per heavy atom. The van der Waals surface area contributed by atoms with Crippen LogP contribution in [0.3, 0.4) is 0 Å². The lowest BCUT2D eigenvalue weighted by molar-refractivity contribution is -0.131. The Kier molecular flexibility index (Phi) is 7.17. The fraction of sp³-hybridized carbons (Fsp3) is 0.429. The molecule has 0 aliphatic carbocycles. The minimum Gasteiger partial charge on any atom is -0.409 e. The summed E-state index contributed by atoms with van der Waals surface area (Å²) < 4.78 is 18.5. The molecular formula is C14H20FN3O3. The van der Waals surface area contributed by atoms with E-state index in [0.717, 1.165) is 0 Å². The molecule has 3 N–H and O–H groups in total. The summed E-state index contributed by atoms with van der Waals surface area (Å²) in [6.45, 7) is 1.01. The van der Waals surface area contributed by atoms with Gasteiger partial charge in [-0.15, -0.1) is 0 Å². The Bertz CT molecular complexity index is 494. The monoisotopic (exact) mass is 297 g/mol. The molecule has 0 saturated heterocycles. The maximum absolute atomic E-state index is 13.6. The van der Waals surface area contributed by atoms with Crippen LogP contribution in [0.1, 0.15) is 12.0 Å². The first-order chi connectivity index (χ1) is 10.1. The van der Waals surface area contributed by atoms with Crippen molar-refractivity contribution in [3.8, 4) is 0 Å². The molecule has 6 nitrogen and oxygen atoms in total. The molecule has 1 aromatic carbocycles. The molecule has 1 rings (SSSR count). The molecule has 7 heteroatoms. The summed E-state index contributed by atoms with van der Waals surface area (Å²) in [6.07, 6.45) is 0.204. The number of methoxy groups -OCH3 is 1. The SMILES string of the molecule is COCCN(CCC(N)=NO)C(=O)Cc1ccccc1F. The van der Waals surface area contributed by atoms with E-state index in [4.69, 9.17) is 15.7 Å². The van der Waals surface area contributed by atoms with Gasteiger partial charge in [-0.05, 0) is 11.6 Å². The van der Waals surface area contributed by atoms with Gasteiger partial charge in [0.2, 0.25) is 5.91 Å². The average molecular weight is 297 g/mol. The van der Waals surface area contributed by atoms with Gasteiger partial charge in [0.05, 0.1) is 13.0 Å². The predicted octanol–water partition coefficient (Wildman–Crippen LogP) is 0.980. The van der Waals surface area contributed by atoms with Crippen molar-refractivity contribution >= 4 is 11.7 Å². The molecule has 1 amide bonds. The molecule has 116 valence electrons. The van der Waals surface area contributed by atoms with Crippen LogP contribution < -0.4 is 5.73 Å². The number of ether oxygens (including phenoxy) is 1. The van der Waals surface area contributed by atoms with Crippen molar-refractivity contribution in [2.75, 3.05) is 26.8 Å². The molecule has 0 aliphatic rings. The molecule has 0 atom stereocenters. The molecule has 1 aromatic rings. The number of benzene rings is 1. The number of carbonyl (C=O) groups excluding carboxylic acids is 1. The van der Waals surface area contributed by atoms with E-state index in [9.17, 15) is 9.18 Å². The Hall–Kier alpha value is -2.15. The van der Waals surface area contributed by atoms with E-state index in [2.05, 4.69) is 5.16 Å².